The number of amides is 1. The first kappa shape index (κ1) is 15.3. The molecule has 1 saturated heterocycles. The molecule has 2 fully saturated rings. The number of aliphatic hydroxyl groups excluding tert-OH is 1. The van der Waals surface area contributed by atoms with E-state index in [1.807, 2.05) is 24.0 Å². The van der Waals surface area contributed by atoms with Crippen molar-refractivity contribution in [3.05, 3.63) is 29.3 Å². The number of ether oxygens (including phenoxy) is 1. The lowest BCUT2D eigenvalue weighted by Crippen LogP contribution is -2.44. The van der Waals surface area contributed by atoms with E-state index in [9.17, 15) is 9.90 Å². The predicted molar refractivity (Wildman–Crippen MR) is 85.1 cm³/mol. The van der Waals surface area contributed by atoms with Gasteiger partial charge in [-0.1, -0.05) is 25.0 Å². The number of β-amino-alcohol motifs (C(OH)–C–C–N with tert-alkyl or cyclic N) is 1. The van der Waals surface area contributed by atoms with Gasteiger partial charge < -0.3 is 14.7 Å². The van der Waals surface area contributed by atoms with Crippen molar-refractivity contribution in [2.75, 3.05) is 20.2 Å². The minimum atomic E-state index is -0.426. The Bertz CT molecular complexity index is 563. The van der Waals surface area contributed by atoms with Gasteiger partial charge in [0.05, 0.1) is 18.6 Å². The summed E-state index contributed by atoms with van der Waals surface area (Å²) in [6.45, 7) is 3.16. The third-order valence-electron chi connectivity index (χ3n) is 5.28. The average Bonchev–Trinajstić information content (AvgIpc) is 3.17. The van der Waals surface area contributed by atoms with Crippen molar-refractivity contribution < 1.29 is 14.6 Å². The number of methoxy groups -OCH3 is 1. The normalized spacial score (nSPS) is 23.8. The highest BCUT2D eigenvalue weighted by Gasteiger charge is 2.46. The summed E-state index contributed by atoms with van der Waals surface area (Å²) in [5, 5.41) is 9.75. The van der Waals surface area contributed by atoms with E-state index in [0.29, 0.717) is 19.5 Å². The Hall–Kier alpha value is -1.55. The van der Waals surface area contributed by atoms with E-state index in [-0.39, 0.29) is 12.0 Å². The monoisotopic (exact) mass is 303 g/mol. The van der Waals surface area contributed by atoms with Gasteiger partial charge in [0.25, 0.3) is 0 Å². The molecule has 22 heavy (non-hydrogen) atoms. The van der Waals surface area contributed by atoms with E-state index in [1.165, 1.54) is 0 Å². The van der Waals surface area contributed by atoms with Gasteiger partial charge >= 0.3 is 0 Å². The fourth-order valence-electron chi connectivity index (χ4n) is 3.95. The Morgan fingerprint density at radius 1 is 1.36 bits per heavy atom. The summed E-state index contributed by atoms with van der Waals surface area (Å²) in [5.74, 6) is 1.03. The Kier molecular flexibility index (Phi) is 4.13. The van der Waals surface area contributed by atoms with Crippen LogP contribution in [0.25, 0.3) is 0 Å². The molecule has 1 N–H and O–H groups in total. The Labute approximate surface area is 132 Å². The van der Waals surface area contributed by atoms with Crippen LogP contribution in [0.1, 0.15) is 43.2 Å². The second-order valence-corrected chi connectivity index (χ2v) is 6.67. The molecule has 0 unspecified atom stereocenters. The van der Waals surface area contributed by atoms with Crippen LogP contribution in [-0.2, 0) is 10.2 Å². The van der Waals surface area contributed by atoms with Crippen LogP contribution in [0.15, 0.2) is 18.2 Å². The smallest absolute Gasteiger partial charge is 0.233 e. The molecule has 1 heterocycles. The van der Waals surface area contributed by atoms with Crippen molar-refractivity contribution in [3.8, 4) is 5.75 Å². The molecule has 2 aliphatic rings. The zero-order valence-electron chi connectivity index (χ0n) is 13.5. The first-order chi connectivity index (χ1) is 10.6. The van der Waals surface area contributed by atoms with Crippen LogP contribution in [-0.4, -0.2) is 42.2 Å². The summed E-state index contributed by atoms with van der Waals surface area (Å²) in [7, 11) is 1.67. The molecule has 4 heteroatoms. The molecule has 1 saturated carbocycles. The van der Waals surface area contributed by atoms with Crippen LogP contribution in [0, 0.1) is 6.92 Å². The van der Waals surface area contributed by atoms with Crippen molar-refractivity contribution in [3.63, 3.8) is 0 Å². The lowest BCUT2D eigenvalue weighted by molar-refractivity contribution is -0.136. The van der Waals surface area contributed by atoms with Crippen molar-refractivity contribution >= 4 is 5.91 Å². The van der Waals surface area contributed by atoms with Gasteiger partial charge in [-0.05, 0) is 43.4 Å². The number of benzene rings is 1. The average molecular weight is 303 g/mol. The molecule has 0 spiro atoms. The molecule has 1 amide bonds. The highest BCUT2D eigenvalue weighted by Crippen LogP contribution is 2.44. The zero-order chi connectivity index (χ0) is 15.7. The number of aliphatic hydroxyl groups is 1. The molecule has 1 aromatic carbocycles. The zero-order valence-corrected chi connectivity index (χ0v) is 13.5. The maximum absolute atomic E-state index is 13.2. The molecule has 120 valence electrons. The Morgan fingerprint density at radius 3 is 2.68 bits per heavy atom. The van der Waals surface area contributed by atoms with Gasteiger partial charge in [0.2, 0.25) is 5.91 Å². The van der Waals surface area contributed by atoms with E-state index in [4.69, 9.17) is 4.74 Å². The summed E-state index contributed by atoms with van der Waals surface area (Å²) in [6, 6.07) is 6.15. The van der Waals surface area contributed by atoms with Crippen LogP contribution in [0.3, 0.4) is 0 Å². The second-order valence-electron chi connectivity index (χ2n) is 6.67. The van der Waals surface area contributed by atoms with Gasteiger partial charge in [-0.3, -0.25) is 4.79 Å². The summed E-state index contributed by atoms with van der Waals surface area (Å²) in [4.78, 5) is 15.0. The van der Waals surface area contributed by atoms with Gasteiger partial charge in [-0.25, -0.2) is 0 Å². The van der Waals surface area contributed by atoms with Gasteiger partial charge in [0.15, 0.2) is 0 Å². The highest BCUT2D eigenvalue weighted by atomic mass is 16.5. The number of carbonyl (C=O) groups excluding carboxylic acids is 1. The maximum atomic E-state index is 13.2. The third-order valence-corrected chi connectivity index (χ3v) is 5.28. The summed E-state index contributed by atoms with van der Waals surface area (Å²) < 4.78 is 5.45. The van der Waals surface area contributed by atoms with Crippen LogP contribution in [0.4, 0.5) is 0 Å². The van der Waals surface area contributed by atoms with Crippen molar-refractivity contribution in [1.82, 2.24) is 4.90 Å². The molecule has 1 aromatic rings. The minimum absolute atomic E-state index is 0.187. The van der Waals surface area contributed by atoms with Crippen LogP contribution >= 0.6 is 0 Å². The number of hydrogen-bond donors (Lipinski definition) is 1. The summed E-state index contributed by atoms with van der Waals surface area (Å²) in [5.41, 5.74) is 1.73. The lowest BCUT2D eigenvalue weighted by atomic mass is 9.77. The van der Waals surface area contributed by atoms with E-state index in [0.717, 1.165) is 42.6 Å². The molecule has 1 aliphatic carbocycles. The quantitative estimate of drug-likeness (QED) is 0.933. The molecule has 1 aliphatic heterocycles. The molecular weight excluding hydrogens is 278 g/mol. The van der Waals surface area contributed by atoms with E-state index in [2.05, 4.69) is 6.07 Å². The highest BCUT2D eigenvalue weighted by molar-refractivity contribution is 5.89. The fourth-order valence-corrected chi connectivity index (χ4v) is 3.95. The van der Waals surface area contributed by atoms with Gasteiger partial charge in [0.1, 0.15) is 5.75 Å². The number of likely N-dealkylation sites (tertiary alicyclic amines) is 1. The molecule has 3 rings (SSSR count). The molecular formula is C18H25NO3. The number of nitrogens with zero attached hydrogens (tertiary/aromatic N) is 1. The fraction of sp³-hybridized carbons (Fsp3) is 0.611. The molecule has 0 aromatic heterocycles. The second kappa shape index (κ2) is 5.92. The topological polar surface area (TPSA) is 49.8 Å². The number of rotatable bonds is 3. The number of carbonyl (C=O) groups is 1. The third kappa shape index (κ3) is 2.50. The molecule has 0 bridgehead atoms. The predicted octanol–water partition coefficient (Wildman–Crippen LogP) is 2.41. The van der Waals surface area contributed by atoms with Gasteiger partial charge in [-0.15, -0.1) is 0 Å². The van der Waals surface area contributed by atoms with Crippen molar-refractivity contribution in [1.29, 1.82) is 0 Å². The summed E-state index contributed by atoms with van der Waals surface area (Å²) in [6.07, 6.45) is 4.28. The van der Waals surface area contributed by atoms with Crippen LogP contribution in [0.2, 0.25) is 0 Å². The lowest BCUT2D eigenvalue weighted by Gasteiger charge is -2.33. The van der Waals surface area contributed by atoms with E-state index < -0.39 is 5.41 Å². The molecule has 4 nitrogen and oxygen atoms in total. The maximum Gasteiger partial charge on any atom is 0.233 e. The Balaban J connectivity index is 1.96. The largest absolute Gasteiger partial charge is 0.496 e. The number of hydrogen-bond acceptors (Lipinski definition) is 3. The first-order valence-electron chi connectivity index (χ1n) is 8.19. The standard InChI is InChI=1S/C18H25NO3/c1-13-5-6-14(11-16(13)22-2)18(8-3-4-9-18)17(21)19-10-7-15(20)12-19/h5-6,11,15,20H,3-4,7-10,12H2,1-2H3/t15-/m1/s1. The van der Waals surface area contributed by atoms with Gasteiger partial charge in [-0.2, -0.15) is 0 Å². The first-order valence-corrected chi connectivity index (χ1v) is 8.19. The number of aryl methyl sites for hydroxylation is 1. The SMILES string of the molecule is COc1cc(C2(C(=O)N3CC[C@@H](O)C3)CCCC2)ccc1C. The van der Waals surface area contributed by atoms with E-state index in [1.54, 1.807) is 7.11 Å². The van der Waals surface area contributed by atoms with Crippen molar-refractivity contribution in [2.45, 2.75) is 50.5 Å². The molecule has 1 atom stereocenters. The summed E-state index contributed by atoms with van der Waals surface area (Å²) >= 11 is 0. The van der Waals surface area contributed by atoms with E-state index >= 15 is 0 Å². The molecule has 0 radical (unpaired) electrons. The van der Waals surface area contributed by atoms with Crippen LogP contribution in [0.5, 0.6) is 5.75 Å². The minimum Gasteiger partial charge on any atom is -0.496 e. The van der Waals surface area contributed by atoms with Gasteiger partial charge in [0, 0.05) is 13.1 Å². The van der Waals surface area contributed by atoms with Crippen molar-refractivity contribution in [2.24, 2.45) is 0 Å². The van der Waals surface area contributed by atoms with Crippen LogP contribution < -0.4 is 4.74 Å². The Morgan fingerprint density at radius 2 is 2.09 bits per heavy atom.